The molecule has 1 aliphatic carbocycles. The molecule has 0 fully saturated rings. The lowest BCUT2D eigenvalue weighted by atomic mass is 9.71. The van der Waals surface area contributed by atoms with Crippen LogP contribution in [0.15, 0.2) is 55.7 Å². The third-order valence-corrected chi connectivity index (χ3v) is 3.75. The summed E-state index contributed by atoms with van der Waals surface area (Å²) < 4.78 is 0. The predicted molar refractivity (Wildman–Crippen MR) is 81.2 cm³/mol. The highest BCUT2D eigenvalue weighted by molar-refractivity contribution is 5.68. The molecule has 2 rings (SSSR count). The molecular weight excluding hydrogens is 218 g/mol. The van der Waals surface area contributed by atoms with Gasteiger partial charge in [0.2, 0.25) is 0 Å². The van der Waals surface area contributed by atoms with Crippen LogP contribution < -0.4 is 5.73 Å². The Bertz CT molecular complexity index is 466. The molecule has 1 unspecified atom stereocenters. The van der Waals surface area contributed by atoms with Gasteiger partial charge in [0.15, 0.2) is 0 Å². The molecule has 0 heterocycles. The van der Waals surface area contributed by atoms with Crippen molar-refractivity contribution in [3.8, 4) is 0 Å². The van der Waals surface area contributed by atoms with Crippen molar-refractivity contribution >= 4 is 5.70 Å². The van der Waals surface area contributed by atoms with Gasteiger partial charge in [0.1, 0.15) is 0 Å². The van der Waals surface area contributed by atoms with Crippen LogP contribution in [0.25, 0.3) is 5.70 Å². The molecule has 18 heavy (non-hydrogen) atoms. The van der Waals surface area contributed by atoms with Gasteiger partial charge in [-0.1, -0.05) is 57.2 Å². The van der Waals surface area contributed by atoms with Gasteiger partial charge in [-0.3, -0.25) is 0 Å². The molecule has 1 aromatic carbocycles. The zero-order chi connectivity index (χ0) is 13.8. The Kier molecular flexibility index (Phi) is 4.55. The monoisotopic (exact) mass is 241 g/mol. The van der Waals surface area contributed by atoms with E-state index < -0.39 is 0 Å². The lowest BCUT2D eigenvalue weighted by molar-refractivity contribution is 0.408. The molecule has 0 saturated carbocycles. The molecule has 1 atom stereocenters. The van der Waals surface area contributed by atoms with Crippen molar-refractivity contribution in [3.05, 3.63) is 66.8 Å². The normalized spacial score (nSPS) is 25.3. The first-order chi connectivity index (χ1) is 8.53. The van der Waals surface area contributed by atoms with E-state index in [1.807, 2.05) is 12.1 Å². The molecule has 0 radical (unpaired) electrons. The highest BCUT2D eigenvalue weighted by Gasteiger charge is 2.29. The molecular formula is C17H23N. The SMILES string of the molecule is C=C.CC1/C=C\C=C(/N)c2ccccc2C1(C)C. The van der Waals surface area contributed by atoms with Crippen LogP contribution in [-0.4, -0.2) is 0 Å². The highest BCUT2D eigenvalue weighted by atomic mass is 14.6. The van der Waals surface area contributed by atoms with E-state index >= 15 is 0 Å². The van der Waals surface area contributed by atoms with Gasteiger partial charge >= 0.3 is 0 Å². The Hall–Kier alpha value is -1.76. The third kappa shape index (κ3) is 2.56. The fourth-order valence-corrected chi connectivity index (χ4v) is 2.20. The van der Waals surface area contributed by atoms with E-state index in [4.69, 9.17) is 5.73 Å². The Morgan fingerprint density at radius 1 is 1.17 bits per heavy atom. The number of allylic oxidation sites excluding steroid dienone is 3. The molecule has 1 aliphatic rings. The second-order valence-corrected chi connectivity index (χ2v) is 5.06. The summed E-state index contributed by atoms with van der Waals surface area (Å²) in [5.41, 5.74) is 9.57. The molecule has 0 saturated heterocycles. The molecule has 0 bridgehead atoms. The maximum atomic E-state index is 6.09. The van der Waals surface area contributed by atoms with Gasteiger partial charge in [-0.25, -0.2) is 0 Å². The average Bonchev–Trinajstić information content (AvgIpc) is 2.39. The highest BCUT2D eigenvalue weighted by Crippen LogP contribution is 2.37. The molecule has 0 aliphatic heterocycles. The Morgan fingerprint density at radius 3 is 2.44 bits per heavy atom. The van der Waals surface area contributed by atoms with E-state index in [9.17, 15) is 0 Å². The van der Waals surface area contributed by atoms with Gasteiger partial charge < -0.3 is 5.73 Å². The zero-order valence-corrected chi connectivity index (χ0v) is 11.6. The summed E-state index contributed by atoms with van der Waals surface area (Å²) in [7, 11) is 0. The van der Waals surface area contributed by atoms with Gasteiger partial charge in [-0.05, 0) is 23.0 Å². The van der Waals surface area contributed by atoms with Gasteiger partial charge in [-0.15, -0.1) is 13.2 Å². The number of rotatable bonds is 0. The average molecular weight is 241 g/mol. The van der Waals surface area contributed by atoms with Crippen LogP contribution in [0.5, 0.6) is 0 Å². The van der Waals surface area contributed by atoms with E-state index in [-0.39, 0.29) is 5.41 Å². The Balaban J connectivity index is 0.000000771. The summed E-state index contributed by atoms with van der Waals surface area (Å²) in [5, 5.41) is 0. The van der Waals surface area contributed by atoms with Crippen molar-refractivity contribution in [2.45, 2.75) is 26.2 Å². The number of nitrogens with two attached hydrogens (primary N) is 1. The van der Waals surface area contributed by atoms with Crippen molar-refractivity contribution in [3.63, 3.8) is 0 Å². The van der Waals surface area contributed by atoms with Gasteiger partial charge in [0.05, 0.1) is 0 Å². The number of benzene rings is 1. The number of hydrogen-bond donors (Lipinski definition) is 1. The molecule has 1 heteroatoms. The fourth-order valence-electron chi connectivity index (χ4n) is 2.20. The van der Waals surface area contributed by atoms with Crippen LogP contribution in [0.3, 0.4) is 0 Å². The smallest absolute Gasteiger partial charge is 0.0390 e. The second-order valence-electron chi connectivity index (χ2n) is 5.06. The zero-order valence-electron chi connectivity index (χ0n) is 11.6. The minimum absolute atomic E-state index is 0.117. The maximum absolute atomic E-state index is 6.09. The molecule has 0 spiro atoms. The summed E-state index contributed by atoms with van der Waals surface area (Å²) in [6.45, 7) is 12.8. The number of fused-ring (bicyclic) bond motifs is 1. The summed E-state index contributed by atoms with van der Waals surface area (Å²) in [6, 6.07) is 8.43. The first-order valence-corrected chi connectivity index (χ1v) is 6.27. The lowest BCUT2D eigenvalue weighted by Gasteiger charge is -2.33. The van der Waals surface area contributed by atoms with E-state index in [0.717, 1.165) is 5.70 Å². The first kappa shape index (κ1) is 14.3. The maximum Gasteiger partial charge on any atom is 0.0390 e. The minimum Gasteiger partial charge on any atom is -0.398 e. The third-order valence-electron chi connectivity index (χ3n) is 3.75. The summed E-state index contributed by atoms with van der Waals surface area (Å²) in [5.74, 6) is 0.498. The van der Waals surface area contributed by atoms with Crippen molar-refractivity contribution in [2.75, 3.05) is 0 Å². The number of hydrogen-bond acceptors (Lipinski definition) is 1. The van der Waals surface area contributed by atoms with E-state index in [1.165, 1.54) is 11.1 Å². The summed E-state index contributed by atoms with van der Waals surface area (Å²) >= 11 is 0. The predicted octanol–water partition coefficient (Wildman–Crippen LogP) is 4.27. The molecule has 0 aromatic heterocycles. The molecule has 1 nitrogen and oxygen atoms in total. The Morgan fingerprint density at radius 2 is 1.78 bits per heavy atom. The van der Waals surface area contributed by atoms with Crippen LogP contribution in [0.4, 0.5) is 0 Å². The summed E-state index contributed by atoms with van der Waals surface area (Å²) in [6.07, 6.45) is 6.28. The Labute approximate surface area is 111 Å². The molecule has 0 amide bonds. The molecule has 2 N–H and O–H groups in total. The van der Waals surface area contributed by atoms with Crippen LogP contribution in [0.2, 0.25) is 0 Å². The van der Waals surface area contributed by atoms with E-state index in [1.54, 1.807) is 0 Å². The van der Waals surface area contributed by atoms with Gasteiger partial charge in [-0.2, -0.15) is 0 Å². The van der Waals surface area contributed by atoms with Crippen LogP contribution in [0.1, 0.15) is 31.9 Å². The standard InChI is InChI=1S/C15H19N.C2H4/c1-11-7-6-10-14(16)12-8-4-5-9-13(12)15(11,2)3;1-2/h4-11H,16H2,1-3H3;1-2H2/b7-6-,14-10-;. The van der Waals surface area contributed by atoms with Crippen molar-refractivity contribution in [1.82, 2.24) is 0 Å². The van der Waals surface area contributed by atoms with Gasteiger partial charge in [0, 0.05) is 11.3 Å². The molecule has 1 aromatic rings. The topological polar surface area (TPSA) is 26.0 Å². The van der Waals surface area contributed by atoms with E-state index in [0.29, 0.717) is 5.92 Å². The quantitative estimate of drug-likeness (QED) is 0.674. The minimum atomic E-state index is 0.117. The second kappa shape index (κ2) is 5.72. The lowest BCUT2D eigenvalue weighted by Crippen LogP contribution is -2.27. The van der Waals surface area contributed by atoms with Gasteiger partial charge in [0.25, 0.3) is 0 Å². The van der Waals surface area contributed by atoms with E-state index in [2.05, 4.69) is 64.3 Å². The van der Waals surface area contributed by atoms with Crippen molar-refractivity contribution < 1.29 is 0 Å². The van der Waals surface area contributed by atoms with Crippen LogP contribution in [-0.2, 0) is 5.41 Å². The van der Waals surface area contributed by atoms with Crippen LogP contribution in [0, 0.1) is 5.92 Å². The largest absolute Gasteiger partial charge is 0.398 e. The fraction of sp³-hybridized carbons (Fsp3) is 0.294. The van der Waals surface area contributed by atoms with Crippen molar-refractivity contribution in [2.24, 2.45) is 11.7 Å². The summed E-state index contributed by atoms with van der Waals surface area (Å²) in [4.78, 5) is 0. The first-order valence-electron chi connectivity index (χ1n) is 6.27. The van der Waals surface area contributed by atoms with Crippen molar-refractivity contribution in [1.29, 1.82) is 0 Å². The van der Waals surface area contributed by atoms with Crippen LogP contribution >= 0.6 is 0 Å². The molecule has 96 valence electrons.